The van der Waals surface area contributed by atoms with Crippen LogP contribution in [0.15, 0.2) is 47.5 Å². The van der Waals surface area contributed by atoms with Crippen LogP contribution in [0.5, 0.6) is 0 Å². The lowest BCUT2D eigenvalue weighted by Crippen LogP contribution is -2.32. The summed E-state index contributed by atoms with van der Waals surface area (Å²) < 4.78 is 26.3. The number of halogens is 1. The minimum Gasteiger partial charge on any atom is -0.268 e. The Balaban J connectivity index is 2.13. The molecule has 0 saturated heterocycles. The Bertz CT molecular complexity index is 878. The zero-order valence-corrected chi connectivity index (χ0v) is 14.7. The predicted octanol–water partition coefficient (Wildman–Crippen LogP) is 2.61. The molecule has 124 valence electrons. The summed E-state index contributed by atoms with van der Waals surface area (Å²) in [6.45, 7) is 0. The molecule has 2 rings (SSSR count). The lowest BCUT2D eigenvalue weighted by Gasteiger charge is -2.09. The van der Waals surface area contributed by atoms with Crippen molar-refractivity contribution in [2.45, 2.75) is 10.6 Å². The summed E-state index contributed by atoms with van der Waals surface area (Å²) in [5.41, 5.74) is 0.613. The van der Waals surface area contributed by atoms with Crippen LogP contribution < -0.4 is 4.72 Å². The number of amides is 1. The maximum absolute atomic E-state index is 12.3. The van der Waals surface area contributed by atoms with E-state index in [2.05, 4.69) is 4.98 Å². The summed E-state index contributed by atoms with van der Waals surface area (Å²) >= 11 is 6.82. The Morgan fingerprint density at radius 2 is 2.04 bits per heavy atom. The summed E-state index contributed by atoms with van der Waals surface area (Å²) in [5, 5.41) is 8.90. The lowest BCUT2D eigenvalue weighted by atomic mass is 10.2. The quantitative estimate of drug-likeness (QED) is 0.609. The van der Waals surface area contributed by atoms with Gasteiger partial charge in [-0.05, 0) is 23.8 Å². The van der Waals surface area contributed by atoms with Gasteiger partial charge in [-0.15, -0.1) is 11.8 Å². The Hall–Kier alpha value is -2.08. The third kappa shape index (κ3) is 5.23. The van der Waals surface area contributed by atoms with E-state index in [0.29, 0.717) is 10.5 Å². The molecule has 0 fully saturated rings. The molecule has 0 aliphatic carbocycles. The van der Waals surface area contributed by atoms with Crippen LogP contribution >= 0.6 is 23.4 Å². The highest BCUT2D eigenvalue weighted by atomic mass is 35.5. The smallest absolute Gasteiger partial charge is 0.265 e. The molecule has 1 aromatic heterocycles. The van der Waals surface area contributed by atoms with Gasteiger partial charge in [-0.3, -0.25) is 4.79 Å². The first-order valence-electron chi connectivity index (χ1n) is 6.65. The first-order valence-corrected chi connectivity index (χ1v) is 9.67. The Morgan fingerprint density at radius 3 is 2.71 bits per heavy atom. The van der Waals surface area contributed by atoms with Crippen molar-refractivity contribution in [2.24, 2.45) is 0 Å². The van der Waals surface area contributed by atoms with Crippen LogP contribution in [0, 0.1) is 11.3 Å². The number of nitriles is 1. The standard InChI is InChI=1S/C15H12ClN3O3S2/c16-14-6-5-11(9-18-14)10-24(21,22)19-15(20)12-3-1-2-4-13(12)23-8-7-17/h1-6,9H,8,10H2,(H,19,20). The minimum atomic E-state index is -3.89. The number of hydrogen-bond donors (Lipinski definition) is 1. The maximum Gasteiger partial charge on any atom is 0.265 e. The highest BCUT2D eigenvalue weighted by Crippen LogP contribution is 2.22. The molecule has 1 heterocycles. The zero-order chi connectivity index (χ0) is 17.6. The molecule has 6 nitrogen and oxygen atoms in total. The first kappa shape index (κ1) is 18.3. The molecule has 0 aliphatic heterocycles. The monoisotopic (exact) mass is 381 g/mol. The molecule has 0 spiro atoms. The molecular formula is C15H12ClN3O3S2. The first-order chi connectivity index (χ1) is 11.4. The van der Waals surface area contributed by atoms with Gasteiger partial charge < -0.3 is 0 Å². The number of sulfonamides is 1. The third-order valence-electron chi connectivity index (χ3n) is 2.82. The number of carbonyl (C=O) groups is 1. The van der Waals surface area contributed by atoms with Crippen molar-refractivity contribution in [2.75, 3.05) is 5.75 Å². The van der Waals surface area contributed by atoms with Gasteiger partial charge in [-0.25, -0.2) is 18.1 Å². The summed E-state index contributed by atoms with van der Waals surface area (Å²) in [7, 11) is -3.89. The molecule has 0 saturated carbocycles. The summed E-state index contributed by atoms with van der Waals surface area (Å²) in [6.07, 6.45) is 1.34. The van der Waals surface area contributed by atoms with E-state index in [1.165, 1.54) is 36.2 Å². The second-order valence-electron chi connectivity index (χ2n) is 4.62. The van der Waals surface area contributed by atoms with Crippen LogP contribution in [0.1, 0.15) is 15.9 Å². The molecule has 0 radical (unpaired) electrons. The van der Waals surface area contributed by atoms with Gasteiger partial charge in [-0.1, -0.05) is 29.8 Å². The highest BCUT2D eigenvalue weighted by molar-refractivity contribution is 7.99. The van der Waals surface area contributed by atoms with E-state index in [9.17, 15) is 13.2 Å². The van der Waals surface area contributed by atoms with Crippen molar-refractivity contribution < 1.29 is 13.2 Å². The van der Waals surface area contributed by atoms with Gasteiger partial charge in [0, 0.05) is 11.1 Å². The van der Waals surface area contributed by atoms with Gasteiger partial charge in [0.1, 0.15) is 5.15 Å². The van der Waals surface area contributed by atoms with E-state index in [1.54, 1.807) is 18.2 Å². The minimum absolute atomic E-state index is 0.160. The van der Waals surface area contributed by atoms with Crippen molar-refractivity contribution in [3.63, 3.8) is 0 Å². The normalized spacial score (nSPS) is 10.8. The molecule has 0 unspecified atom stereocenters. The second-order valence-corrected chi connectivity index (χ2v) is 7.75. The topological polar surface area (TPSA) is 99.9 Å². The van der Waals surface area contributed by atoms with Crippen molar-refractivity contribution >= 4 is 39.3 Å². The molecule has 0 bridgehead atoms. The molecule has 1 aromatic carbocycles. The summed E-state index contributed by atoms with van der Waals surface area (Å²) in [6, 6.07) is 11.5. The van der Waals surface area contributed by atoms with E-state index >= 15 is 0 Å². The number of rotatable bonds is 6. The molecule has 2 aromatic rings. The fraction of sp³-hybridized carbons (Fsp3) is 0.133. The van der Waals surface area contributed by atoms with Crippen LogP contribution in [-0.4, -0.2) is 25.1 Å². The Morgan fingerprint density at radius 1 is 1.29 bits per heavy atom. The van der Waals surface area contributed by atoms with Crippen molar-refractivity contribution in [1.29, 1.82) is 5.26 Å². The van der Waals surface area contributed by atoms with Crippen LogP contribution in [0.25, 0.3) is 0 Å². The average molecular weight is 382 g/mol. The maximum atomic E-state index is 12.3. The lowest BCUT2D eigenvalue weighted by molar-refractivity contribution is 0.0978. The van der Waals surface area contributed by atoms with Gasteiger partial charge in [0.2, 0.25) is 10.0 Å². The largest absolute Gasteiger partial charge is 0.268 e. The Kier molecular flexibility index (Phi) is 6.20. The molecule has 9 heteroatoms. The van der Waals surface area contributed by atoms with Gasteiger partial charge in [0.15, 0.2) is 0 Å². The van der Waals surface area contributed by atoms with Crippen LogP contribution in [0.2, 0.25) is 5.15 Å². The number of carbonyl (C=O) groups excluding carboxylic acids is 1. The van der Waals surface area contributed by atoms with Crippen molar-refractivity contribution in [1.82, 2.24) is 9.71 Å². The van der Waals surface area contributed by atoms with Crippen LogP contribution in [0.4, 0.5) is 0 Å². The summed E-state index contributed by atoms with van der Waals surface area (Å²) in [4.78, 5) is 16.6. The predicted molar refractivity (Wildman–Crippen MR) is 92.1 cm³/mol. The summed E-state index contributed by atoms with van der Waals surface area (Å²) in [5.74, 6) is -0.970. The SMILES string of the molecule is N#CCSc1ccccc1C(=O)NS(=O)(=O)Cc1ccc(Cl)nc1. The number of nitrogens with zero attached hydrogens (tertiary/aromatic N) is 2. The number of pyridine rings is 1. The molecule has 0 atom stereocenters. The van der Waals surface area contributed by atoms with Crippen molar-refractivity contribution in [3.8, 4) is 6.07 Å². The van der Waals surface area contributed by atoms with Crippen LogP contribution in [0.3, 0.4) is 0 Å². The third-order valence-corrected chi connectivity index (χ3v) is 5.19. The highest BCUT2D eigenvalue weighted by Gasteiger charge is 2.19. The van der Waals surface area contributed by atoms with Crippen molar-refractivity contribution in [3.05, 3.63) is 58.9 Å². The fourth-order valence-corrected chi connectivity index (χ4v) is 3.73. The van der Waals surface area contributed by atoms with Gasteiger partial charge in [-0.2, -0.15) is 5.26 Å². The van der Waals surface area contributed by atoms with E-state index < -0.39 is 21.7 Å². The van der Waals surface area contributed by atoms with Gasteiger partial charge in [0.05, 0.1) is 23.1 Å². The van der Waals surface area contributed by atoms with Gasteiger partial charge >= 0.3 is 0 Å². The van der Waals surface area contributed by atoms with Gasteiger partial charge in [0.25, 0.3) is 5.91 Å². The molecule has 1 N–H and O–H groups in total. The zero-order valence-electron chi connectivity index (χ0n) is 12.3. The van der Waals surface area contributed by atoms with Crippen LogP contribution in [-0.2, 0) is 15.8 Å². The number of aromatic nitrogens is 1. The molecular weight excluding hydrogens is 370 g/mol. The molecule has 24 heavy (non-hydrogen) atoms. The average Bonchev–Trinajstić information content (AvgIpc) is 2.54. The number of thioether (sulfide) groups is 1. The molecule has 0 aliphatic rings. The van der Waals surface area contributed by atoms with E-state index in [0.717, 1.165) is 0 Å². The second kappa shape index (κ2) is 8.15. The number of nitrogens with one attached hydrogen (secondary N) is 1. The molecule has 1 amide bonds. The van der Waals surface area contributed by atoms with E-state index in [4.69, 9.17) is 16.9 Å². The number of hydrogen-bond acceptors (Lipinski definition) is 6. The fourth-order valence-electron chi connectivity index (χ4n) is 1.83. The van der Waals surface area contributed by atoms with E-state index in [1.807, 2.05) is 10.8 Å². The Labute approximate surface area is 148 Å². The van der Waals surface area contributed by atoms with E-state index in [-0.39, 0.29) is 16.5 Å². The number of benzene rings is 1.